The maximum atomic E-state index is 13.2. The summed E-state index contributed by atoms with van der Waals surface area (Å²) in [4.78, 5) is 45.6. The second-order valence-electron chi connectivity index (χ2n) is 8.70. The van der Waals surface area contributed by atoms with E-state index in [0.717, 1.165) is 12.1 Å². The van der Waals surface area contributed by atoms with Gasteiger partial charge < -0.3 is 10.1 Å². The van der Waals surface area contributed by atoms with Crippen LogP contribution in [0, 0.1) is 0 Å². The third-order valence-electron chi connectivity index (χ3n) is 4.62. The number of hydrogen-bond acceptors (Lipinski definition) is 6. The molecule has 188 valence electrons. The first-order chi connectivity index (χ1) is 16.8. The molecule has 0 saturated heterocycles. The third-order valence-corrected chi connectivity index (χ3v) is 4.62. The van der Waals surface area contributed by atoms with Crippen LogP contribution in [0.4, 0.5) is 29.3 Å². The summed E-state index contributed by atoms with van der Waals surface area (Å²) in [6.45, 7) is 4.85. The van der Waals surface area contributed by atoms with Gasteiger partial charge in [-0.3, -0.25) is 24.9 Å². The molecule has 2 amide bonds. The van der Waals surface area contributed by atoms with Gasteiger partial charge in [-0.25, -0.2) is 4.79 Å². The average Bonchev–Trinajstić information content (AvgIpc) is 2.79. The van der Waals surface area contributed by atoms with Gasteiger partial charge in [0.15, 0.2) is 5.78 Å². The molecule has 0 aliphatic rings. The normalized spacial score (nSPS) is 11.5. The highest BCUT2D eigenvalue weighted by molar-refractivity contribution is 6.12. The highest BCUT2D eigenvalue weighted by Gasteiger charge is 2.31. The first-order valence-corrected chi connectivity index (χ1v) is 10.7. The van der Waals surface area contributed by atoms with E-state index < -0.39 is 41.5 Å². The molecule has 0 unspecified atom stereocenters. The van der Waals surface area contributed by atoms with E-state index in [1.54, 1.807) is 45.3 Å². The summed E-state index contributed by atoms with van der Waals surface area (Å²) < 4.78 is 44.8. The fraction of sp³-hybridized carbons (Fsp3) is 0.240. The third kappa shape index (κ3) is 7.36. The predicted octanol–water partition coefficient (Wildman–Crippen LogP) is 5.72. The van der Waals surface area contributed by atoms with E-state index in [4.69, 9.17) is 4.74 Å². The Kier molecular flexibility index (Phi) is 7.71. The van der Waals surface area contributed by atoms with Crippen LogP contribution in [0.25, 0.3) is 11.3 Å². The van der Waals surface area contributed by atoms with E-state index in [9.17, 15) is 27.6 Å². The highest BCUT2D eigenvalue weighted by atomic mass is 19.4. The summed E-state index contributed by atoms with van der Waals surface area (Å²) in [7, 11) is 0. The molecule has 0 spiro atoms. The Bertz CT molecular complexity index is 1270. The smallest absolute Gasteiger partial charge is 0.416 e. The lowest BCUT2D eigenvalue weighted by molar-refractivity contribution is -0.137. The van der Waals surface area contributed by atoms with Gasteiger partial charge in [0.05, 0.1) is 29.1 Å². The van der Waals surface area contributed by atoms with Crippen molar-refractivity contribution in [3.8, 4) is 11.3 Å². The maximum Gasteiger partial charge on any atom is 0.416 e. The standard InChI is InChI=1S/C25H23F3N4O4/c1-24(2,3)36-23(35)32-18-7-6-17(25(26,27)28)12-20(18)31-22(34)13-21(33)15-8-10-30-19(11-15)16-5-4-9-29-14-16/h4-12,14H,13H2,1-3H3,(H,31,34)(H,32,35). The van der Waals surface area contributed by atoms with Crippen LogP contribution in [0.2, 0.25) is 0 Å². The van der Waals surface area contributed by atoms with Gasteiger partial charge in [-0.15, -0.1) is 0 Å². The van der Waals surface area contributed by atoms with Crippen LogP contribution in [-0.4, -0.2) is 33.4 Å². The number of carbonyl (C=O) groups is 3. The molecule has 0 bridgehead atoms. The summed E-state index contributed by atoms with van der Waals surface area (Å²) in [5, 5.41) is 4.60. The van der Waals surface area contributed by atoms with E-state index in [-0.39, 0.29) is 16.9 Å². The SMILES string of the molecule is CC(C)(C)OC(=O)Nc1ccc(C(F)(F)F)cc1NC(=O)CC(=O)c1ccnc(-c2cccnc2)c1. The fourth-order valence-corrected chi connectivity index (χ4v) is 3.06. The largest absolute Gasteiger partial charge is 0.444 e. The van der Waals surface area contributed by atoms with E-state index in [2.05, 4.69) is 20.6 Å². The zero-order chi connectivity index (χ0) is 26.5. The van der Waals surface area contributed by atoms with E-state index >= 15 is 0 Å². The molecule has 8 nitrogen and oxygen atoms in total. The quantitative estimate of drug-likeness (QED) is 0.331. The first-order valence-electron chi connectivity index (χ1n) is 10.7. The molecule has 2 aromatic heterocycles. The predicted molar refractivity (Wildman–Crippen MR) is 126 cm³/mol. The molecule has 0 saturated carbocycles. The Balaban J connectivity index is 1.79. The number of benzene rings is 1. The van der Waals surface area contributed by atoms with E-state index in [0.29, 0.717) is 17.3 Å². The molecular formula is C25H23F3N4O4. The van der Waals surface area contributed by atoms with Gasteiger partial charge in [-0.1, -0.05) is 0 Å². The topological polar surface area (TPSA) is 110 Å². The van der Waals surface area contributed by atoms with Crippen LogP contribution in [0.5, 0.6) is 0 Å². The molecule has 11 heteroatoms. The van der Waals surface area contributed by atoms with Gasteiger partial charge in [-0.05, 0) is 63.2 Å². The minimum atomic E-state index is -4.69. The zero-order valence-corrected chi connectivity index (χ0v) is 19.6. The van der Waals surface area contributed by atoms with Crippen molar-refractivity contribution in [2.75, 3.05) is 10.6 Å². The number of aromatic nitrogens is 2. The molecule has 1 aromatic carbocycles. The van der Waals surface area contributed by atoms with Gasteiger partial charge in [0.2, 0.25) is 5.91 Å². The lowest BCUT2D eigenvalue weighted by Crippen LogP contribution is -2.28. The first kappa shape index (κ1) is 26.3. The van der Waals surface area contributed by atoms with Gasteiger partial charge in [-0.2, -0.15) is 13.2 Å². The van der Waals surface area contributed by atoms with Crippen molar-refractivity contribution in [1.29, 1.82) is 0 Å². The molecule has 2 N–H and O–H groups in total. The Labute approximate surface area is 204 Å². The maximum absolute atomic E-state index is 13.2. The number of nitrogens with zero attached hydrogens (tertiary/aromatic N) is 2. The van der Waals surface area contributed by atoms with Crippen LogP contribution >= 0.6 is 0 Å². The van der Waals surface area contributed by atoms with Gasteiger partial charge in [0, 0.05) is 29.7 Å². The van der Waals surface area contributed by atoms with Crippen LogP contribution in [0.1, 0.15) is 43.1 Å². The van der Waals surface area contributed by atoms with Crippen molar-refractivity contribution in [2.24, 2.45) is 0 Å². The molecule has 2 heterocycles. The number of halogens is 3. The van der Waals surface area contributed by atoms with Crippen LogP contribution in [-0.2, 0) is 15.7 Å². The molecule has 0 aliphatic carbocycles. The molecular weight excluding hydrogens is 477 g/mol. The average molecular weight is 500 g/mol. The zero-order valence-electron chi connectivity index (χ0n) is 19.6. The Morgan fingerprint density at radius 3 is 2.33 bits per heavy atom. The van der Waals surface area contributed by atoms with Crippen molar-refractivity contribution in [1.82, 2.24) is 9.97 Å². The summed E-state index contributed by atoms with van der Waals surface area (Å²) in [6.07, 6.45) is -1.71. The number of carbonyl (C=O) groups excluding carboxylic acids is 3. The minimum absolute atomic E-state index is 0.124. The number of ketones is 1. The Hall–Kier alpha value is -4.28. The molecule has 3 rings (SSSR count). The molecule has 0 radical (unpaired) electrons. The van der Waals surface area contributed by atoms with Gasteiger partial charge in [0.1, 0.15) is 5.60 Å². The number of ether oxygens (including phenoxy) is 1. The van der Waals surface area contributed by atoms with Crippen molar-refractivity contribution in [3.05, 3.63) is 72.2 Å². The number of amides is 2. The van der Waals surface area contributed by atoms with Gasteiger partial charge >= 0.3 is 12.3 Å². The summed E-state index contributed by atoms with van der Waals surface area (Å²) in [5.41, 5.74) is -1.04. The number of hydrogen-bond donors (Lipinski definition) is 2. The summed E-state index contributed by atoms with van der Waals surface area (Å²) in [5.74, 6) is -1.44. The minimum Gasteiger partial charge on any atom is -0.444 e. The van der Waals surface area contributed by atoms with Crippen LogP contribution in [0.15, 0.2) is 61.1 Å². The Morgan fingerprint density at radius 2 is 1.69 bits per heavy atom. The Morgan fingerprint density at radius 1 is 0.944 bits per heavy atom. The summed E-state index contributed by atoms with van der Waals surface area (Å²) in [6, 6.07) is 8.79. The lowest BCUT2D eigenvalue weighted by Gasteiger charge is -2.21. The number of rotatable bonds is 6. The molecule has 36 heavy (non-hydrogen) atoms. The molecule has 0 atom stereocenters. The van der Waals surface area contributed by atoms with Crippen molar-refractivity contribution >= 4 is 29.2 Å². The molecule has 3 aromatic rings. The van der Waals surface area contributed by atoms with Crippen molar-refractivity contribution in [2.45, 2.75) is 39.0 Å². The second-order valence-corrected chi connectivity index (χ2v) is 8.70. The number of Topliss-reactive ketones (excluding diaryl/α,β-unsaturated/α-hetero) is 1. The number of alkyl halides is 3. The lowest BCUT2D eigenvalue weighted by atomic mass is 10.1. The van der Waals surface area contributed by atoms with Crippen molar-refractivity contribution < 1.29 is 32.3 Å². The van der Waals surface area contributed by atoms with Crippen LogP contribution in [0.3, 0.4) is 0 Å². The highest BCUT2D eigenvalue weighted by Crippen LogP contribution is 2.34. The van der Waals surface area contributed by atoms with Gasteiger partial charge in [0.25, 0.3) is 0 Å². The number of nitrogens with one attached hydrogen (secondary N) is 2. The monoisotopic (exact) mass is 500 g/mol. The van der Waals surface area contributed by atoms with Crippen molar-refractivity contribution in [3.63, 3.8) is 0 Å². The summed E-state index contributed by atoms with van der Waals surface area (Å²) >= 11 is 0. The second kappa shape index (κ2) is 10.5. The van der Waals surface area contributed by atoms with Crippen LogP contribution < -0.4 is 10.6 Å². The number of anilines is 2. The number of pyridine rings is 2. The fourth-order valence-electron chi connectivity index (χ4n) is 3.06. The molecule has 0 aliphatic heterocycles. The van der Waals surface area contributed by atoms with E-state index in [1.165, 1.54) is 18.3 Å². The van der Waals surface area contributed by atoms with E-state index in [1.807, 2.05) is 0 Å². The molecule has 0 fully saturated rings.